The molecule has 152 valence electrons. The maximum absolute atomic E-state index is 13.9. The Morgan fingerprint density at radius 1 is 1.14 bits per heavy atom. The summed E-state index contributed by atoms with van der Waals surface area (Å²) < 4.78 is 19.9. The molecule has 1 saturated heterocycles. The number of amides is 1. The normalized spacial score (nSPS) is 18.4. The molecule has 0 saturated carbocycles. The molecule has 1 heterocycles. The highest BCUT2D eigenvalue weighted by Gasteiger charge is 2.45. The Hall–Kier alpha value is -2.55. The highest BCUT2D eigenvalue weighted by atomic mass is 79.9. The van der Waals surface area contributed by atoms with Crippen molar-refractivity contribution in [2.45, 2.75) is 6.04 Å². The van der Waals surface area contributed by atoms with Crippen molar-refractivity contribution >= 4 is 33.4 Å². The predicted molar refractivity (Wildman–Crippen MR) is 107 cm³/mol. The van der Waals surface area contributed by atoms with Gasteiger partial charge in [0.25, 0.3) is 11.7 Å². The standard InChI is InChI=1S/C21H19BrFNO5/c22-15-6-4-13(5-7-15)19(26)17-18(14-2-1-3-16(23)12-14)24(21(28)20(17)27)8-10-29-11-9-25/h1-7,12,18,25-26H,8-11H2. The average Bonchev–Trinajstić information content (AvgIpc) is 2.96. The van der Waals surface area contributed by atoms with E-state index in [9.17, 15) is 19.1 Å². The van der Waals surface area contributed by atoms with Crippen LogP contribution in [0, 0.1) is 5.82 Å². The molecule has 8 heteroatoms. The van der Waals surface area contributed by atoms with Gasteiger partial charge in [0.1, 0.15) is 11.6 Å². The third-order valence-electron chi connectivity index (χ3n) is 4.53. The molecule has 6 nitrogen and oxygen atoms in total. The van der Waals surface area contributed by atoms with Gasteiger partial charge in [-0.2, -0.15) is 0 Å². The minimum atomic E-state index is -0.952. The summed E-state index contributed by atoms with van der Waals surface area (Å²) in [5, 5.41) is 19.7. The van der Waals surface area contributed by atoms with Crippen LogP contribution in [0.25, 0.3) is 5.76 Å². The minimum Gasteiger partial charge on any atom is -0.507 e. The maximum Gasteiger partial charge on any atom is 0.295 e. The van der Waals surface area contributed by atoms with Crippen LogP contribution in [-0.2, 0) is 14.3 Å². The van der Waals surface area contributed by atoms with Gasteiger partial charge in [-0.15, -0.1) is 0 Å². The van der Waals surface area contributed by atoms with E-state index in [1.165, 1.54) is 23.1 Å². The SMILES string of the molecule is O=C1C(=O)N(CCOCCO)C(c2cccc(F)c2)C1=C(O)c1ccc(Br)cc1. The zero-order valence-electron chi connectivity index (χ0n) is 15.3. The highest BCUT2D eigenvalue weighted by molar-refractivity contribution is 9.10. The van der Waals surface area contributed by atoms with Crippen molar-refractivity contribution < 1.29 is 28.9 Å². The molecule has 0 spiro atoms. The lowest BCUT2D eigenvalue weighted by Gasteiger charge is -2.25. The molecule has 0 aliphatic carbocycles. The molecule has 1 aliphatic rings. The van der Waals surface area contributed by atoms with Crippen molar-refractivity contribution in [2.24, 2.45) is 0 Å². The molecular weight excluding hydrogens is 445 g/mol. The lowest BCUT2D eigenvalue weighted by Crippen LogP contribution is -2.33. The van der Waals surface area contributed by atoms with E-state index in [0.717, 1.165) is 4.47 Å². The first kappa shape index (κ1) is 21.2. The van der Waals surface area contributed by atoms with Gasteiger partial charge in [-0.1, -0.05) is 40.2 Å². The van der Waals surface area contributed by atoms with E-state index < -0.39 is 23.5 Å². The Bertz CT molecular complexity index is 944. The summed E-state index contributed by atoms with van der Waals surface area (Å²) >= 11 is 3.31. The fourth-order valence-corrected chi connectivity index (χ4v) is 3.49. The molecule has 2 aromatic rings. The third-order valence-corrected chi connectivity index (χ3v) is 5.06. The van der Waals surface area contributed by atoms with Crippen LogP contribution in [0.15, 0.2) is 58.6 Å². The number of carbonyl (C=O) groups excluding carboxylic acids is 2. The van der Waals surface area contributed by atoms with Crippen LogP contribution < -0.4 is 0 Å². The number of hydrogen-bond donors (Lipinski definition) is 2. The molecule has 2 N–H and O–H groups in total. The van der Waals surface area contributed by atoms with E-state index in [0.29, 0.717) is 11.1 Å². The lowest BCUT2D eigenvalue weighted by atomic mass is 9.95. The molecule has 2 aromatic carbocycles. The van der Waals surface area contributed by atoms with Gasteiger partial charge >= 0.3 is 0 Å². The molecule has 3 rings (SSSR count). The van der Waals surface area contributed by atoms with Gasteiger partial charge in [0, 0.05) is 16.6 Å². The molecule has 1 fully saturated rings. The molecular formula is C21H19BrFNO5. The first-order chi connectivity index (χ1) is 13.9. The molecule has 1 atom stereocenters. The van der Waals surface area contributed by atoms with Gasteiger partial charge in [-0.25, -0.2) is 4.39 Å². The Labute approximate surface area is 175 Å². The first-order valence-corrected chi connectivity index (χ1v) is 9.71. The number of likely N-dealkylation sites (tertiary alicyclic amines) is 1. The van der Waals surface area contributed by atoms with Crippen molar-refractivity contribution in [3.05, 3.63) is 75.5 Å². The summed E-state index contributed by atoms with van der Waals surface area (Å²) in [6.07, 6.45) is 0. The van der Waals surface area contributed by atoms with Gasteiger partial charge in [-0.3, -0.25) is 9.59 Å². The highest BCUT2D eigenvalue weighted by Crippen LogP contribution is 2.39. The largest absolute Gasteiger partial charge is 0.507 e. The fourth-order valence-electron chi connectivity index (χ4n) is 3.23. The number of Topliss-reactive ketones (excluding diaryl/α,β-unsaturated/α-hetero) is 1. The number of ether oxygens (including phenoxy) is 1. The van der Waals surface area contributed by atoms with E-state index in [4.69, 9.17) is 9.84 Å². The van der Waals surface area contributed by atoms with Crippen LogP contribution in [0.4, 0.5) is 4.39 Å². The smallest absolute Gasteiger partial charge is 0.295 e. The molecule has 0 radical (unpaired) electrons. The number of carbonyl (C=O) groups is 2. The quantitative estimate of drug-likeness (QED) is 0.285. The molecule has 0 aromatic heterocycles. The molecule has 29 heavy (non-hydrogen) atoms. The van der Waals surface area contributed by atoms with Crippen molar-refractivity contribution in [1.82, 2.24) is 4.90 Å². The summed E-state index contributed by atoms with van der Waals surface area (Å²) in [4.78, 5) is 26.7. The Morgan fingerprint density at radius 3 is 2.52 bits per heavy atom. The van der Waals surface area contributed by atoms with E-state index in [2.05, 4.69) is 15.9 Å². The Morgan fingerprint density at radius 2 is 1.86 bits per heavy atom. The average molecular weight is 464 g/mol. The van der Waals surface area contributed by atoms with E-state index >= 15 is 0 Å². The van der Waals surface area contributed by atoms with Gasteiger partial charge in [-0.05, 0) is 29.8 Å². The van der Waals surface area contributed by atoms with Crippen molar-refractivity contribution in [3.8, 4) is 0 Å². The van der Waals surface area contributed by atoms with Crippen LogP contribution in [0.5, 0.6) is 0 Å². The molecule has 1 unspecified atom stereocenters. The van der Waals surface area contributed by atoms with E-state index in [1.54, 1.807) is 30.3 Å². The number of benzene rings is 2. The first-order valence-electron chi connectivity index (χ1n) is 8.92. The topological polar surface area (TPSA) is 87.1 Å². The molecule has 1 amide bonds. The van der Waals surface area contributed by atoms with Crippen molar-refractivity contribution in [2.75, 3.05) is 26.4 Å². The number of aliphatic hydroxyl groups is 2. The second-order valence-corrected chi connectivity index (χ2v) is 7.31. The fraction of sp³-hybridized carbons (Fsp3) is 0.238. The van der Waals surface area contributed by atoms with Gasteiger partial charge in [0.15, 0.2) is 0 Å². The van der Waals surface area contributed by atoms with Gasteiger partial charge < -0.3 is 19.8 Å². The predicted octanol–water partition coefficient (Wildman–Crippen LogP) is 3.02. The molecule has 1 aliphatic heterocycles. The summed E-state index contributed by atoms with van der Waals surface area (Å²) in [5.41, 5.74) is 0.624. The number of aliphatic hydroxyl groups excluding tert-OH is 2. The summed E-state index contributed by atoms with van der Waals surface area (Å²) in [5.74, 6) is -2.50. The summed E-state index contributed by atoms with van der Waals surface area (Å²) in [6, 6.07) is 11.2. The number of hydrogen-bond acceptors (Lipinski definition) is 5. The van der Waals surface area contributed by atoms with E-state index in [-0.39, 0.29) is 37.7 Å². The van der Waals surface area contributed by atoms with Gasteiger partial charge in [0.2, 0.25) is 0 Å². The maximum atomic E-state index is 13.9. The Balaban J connectivity index is 2.07. The second-order valence-electron chi connectivity index (χ2n) is 6.39. The number of halogens is 2. The number of ketones is 1. The minimum absolute atomic E-state index is 0.0445. The van der Waals surface area contributed by atoms with Gasteiger partial charge in [0.05, 0.1) is 31.4 Å². The third kappa shape index (κ3) is 4.55. The zero-order valence-corrected chi connectivity index (χ0v) is 16.9. The van der Waals surface area contributed by atoms with Crippen LogP contribution >= 0.6 is 15.9 Å². The summed E-state index contributed by atoms with van der Waals surface area (Å²) in [6.45, 7) is 0.0454. The van der Waals surface area contributed by atoms with Crippen molar-refractivity contribution in [1.29, 1.82) is 0 Å². The second kappa shape index (κ2) is 9.30. The zero-order chi connectivity index (χ0) is 21.0. The van der Waals surface area contributed by atoms with Crippen molar-refractivity contribution in [3.63, 3.8) is 0 Å². The monoisotopic (exact) mass is 463 g/mol. The van der Waals surface area contributed by atoms with Crippen LogP contribution in [0.2, 0.25) is 0 Å². The summed E-state index contributed by atoms with van der Waals surface area (Å²) in [7, 11) is 0. The lowest BCUT2D eigenvalue weighted by molar-refractivity contribution is -0.140. The Kier molecular flexibility index (Phi) is 6.79. The van der Waals surface area contributed by atoms with Crippen LogP contribution in [0.3, 0.4) is 0 Å². The van der Waals surface area contributed by atoms with E-state index in [1.807, 2.05) is 0 Å². The molecule has 0 bridgehead atoms. The number of rotatable bonds is 7. The van der Waals surface area contributed by atoms with Crippen LogP contribution in [-0.4, -0.2) is 53.2 Å². The van der Waals surface area contributed by atoms with Crippen LogP contribution in [0.1, 0.15) is 17.2 Å². The number of nitrogens with zero attached hydrogens (tertiary/aromatic N) is 1.